The second-order valence-electron chi connectivity index (χ2n) is 5.25. The Morgan fingerprint density at radius 1 is 1.32 bits per heavy atom. The fourth-order valence-corrected chi connectivity index (χ4v) is 2.52. The molecule has 2 aromatic rings. The first-order chi connectivity index (χ1) is 10.5. The lowest BCUT2D eigenvalue weighted by Gasteiger charge is -2.13. The van der Waals surface area contributed by atoms with Crippen molar-refractivity contribution in [2.75, 3.05) is 13.1 Å². The first-order valence-electron chi connectivity index (χ1n) is 6.88. The number of aromatic amines is 1. The summed E-state index contributed by atoms with van der Waals surface area (Å²) in [6.07, 6.45) is 0.458. The monoisotopic (exact) mass is 303 g/mol. The van der Waals surface area contributed by atoms with Crippen molar-refractivity contribution in [3.63, 3.8) is 0 Å². The van der Waals surface area contributed by atoms with Crippen LogP contribution in [0.5, 0.6) is 0 Å². The van der Waals surface area contributed by atoms with Gasteiger partial charge in [-0.2, -0.15) is 5.10 Å². The number of hydrogen-bond acceptors (Lipinski definition) is 3. The number of likely N-dealkylation sites (tertiary alicyclic amines) is 1. The number of aliphatic carboxylic acids is 1. The van der Waals surface area contributed by atoms with Crippen molar-refractivity contribution in [3.05, 3.63) is 41.8 Å². The van der Waals surface area contributed by atoms with Gasteiger partial charge in [-0.3, -0.25) is 14.7 Å². The summed E-state index contributed by atoms with van der Waals surface area (Å²) in [5.74, 6) is -2.01. The van der Waals surface area contributed by atoms with Gasteiger partial charge in [0.25, 0.3) is 5.91 Å². The van der Waals surface area contributed by atoms with Crippen molar-refractivity contribution in [1.82, 2.24) is 15.1 Å². The first kappa shape index (κ1) is 14.2. The van der Waals surface area contributed by atoms with Crippen LogP contribution in [-0.2, 0) is 4.79 Å². The zero-order valence-corrected chi connectivity index (χ0v) is 11.6. The van der Waals surface area contributed by atoms with Crippen LogP contribution in [0.2, 0.25) is 0 Å². The van der Waals surface area contributed by atoms with Crippen LogP contribution in [0, 0.1) is 11.7 Å². The Bertz CT molecular complexity index is 711. The molecule has 0 saturated carbocycles. The van der Waals surface area contributed by atoms with Crippen molar-refractivity contribution in [3.8, 4) is 11.3 Å². The molecule has 6 nitrogen and oxygen atoms in total. The van der Waals surface area contributed by atoms with E-state index in [1.807, 2.05) is 0 Å². The fraction of sp³-hybridized carbons (Fsp3) is 0.267. The van der Waals surface area contributed by atoms with Crippen LogP contribution in [0.15, 0.2) is 30.3 Å². The van der Waals surface area contributed by atoms with Crippen molar-refractivity contribution >= 4 is 11.9 Å². The van der Waals surface area contributed by atoms with E-state index in [0.717, 1.165) is 0 Å². The highest BCUT2D eigenvalue weighted by Gasteiger charge is 2.31. The second kappa shape index (κ2) is 5.59. The summed E-state index contributed by atoms with van der Waals surface area (Å²) in [6.45, 7) is 0.625. The number of aromatic nitrogens is 2. The predicted octanol–water partition coefficient (Wildman–Crippen LogP) is 1.76. The SMILES string of the molecule is O=C(O)C1CCN(C(=O)c2cc(-c3ccc(F)cc3)n[nH]2)C1. The third kappa shape index (κ3) is 2.69. The Labute approximate surface area is 125 Å². The van der Waals surface area contributed by atoms with Gasteiger partial charge in [0.15, 0.2) is 0 Å². The number of carbonyl (C=O) groups excluding carboxylic acids is 1. The van der Waals surface area contributed by atoms with Crippen molar-refractivity contribution in [2.45, 2.75) is 6.42 Å². The van der Waals surface area contributed by atoms with Gasteiger partial charge in [-0.1, -0.05) is 0 Å². The number of carboxylic acids is 1. The molecule has 1 unspecified atom stereocenters. The Morgan fingerprint density at radius 2 is 2.05 bits per heavy atom. The molecule has 1 aromatic heterocycles. The minimum Gasteiger partial charge on any atom is -0.481 e. The lowest BCUT2D eigenvalue weighted by Crippen LogP contribution is -2.30. The Morgan fingerprint density at radius 3 is 2.68 bits per heavy atom. The van der Waals surface area contributed by atoms with E-state index in [1.165, 1.54) is 17.0 Å². The van der Waals surface area contributed by atoms with Crippen LogP contribution in [0.1, 0.15) is 16.9 Å². The van der Waals surface area contributed by atoms with E-state index < -0.39 is 11.9 Å². The number of rotatable bonds is 3. The third-order valence-electron chi connectivity index (χ3n) is 3.77. The van der Waals surface area contributed by atoms with Gasteiger partial charge in [-0.05, 0) is 36.8 Å². The summed E-state index contributed by atoms with van der Waals surface area (Å²) in [7, 11) is 0. The van der Waals surface area contributed by atoms with Crippen molar-refractivity contribution < 1.29 is 19.1 Å². The molecule has 0 aliphatic carbocycles. The van der Waals surface area contributed by atoms with Gasteiger partial charge < -0.3 is 10.0 Å². The summed E-state index contributed by atoms with van der Waals surface area (Å²) in [5, 5.41) is 15.7. The van der Waals surface area contributed by atoms with Crippen LogP contribution < -0.4 is 0 Å². The Balaban J connectivity index is 1.75. The zero-order valence-electron chi connectivity index (χ0n) is 11.6. The summed E-state index contributed by atoms with van der Waals surface area (Å²) in [6, 6.07) is 7.39. The molecule has 1 fully saturated rings. The summed E-state index contributed by atoms with van der Waals surface area (Å²) >= 11 is 0. The maximum Gasteiger partial charge on any atom is 0.308 e. The molecule has 1 aliphatic heterocycles. The van der Waals surface area contributed by atoms with Gasteiger partial charge >= 0.3 is 5.97 Å². The molecule has 1 aliphatic rings. The topological polar surface area (TPSA) is 86.3 Å². The summed E-state index contributed by atoms with van der Waals surface area (Å²) < 4.78 is 12.9. The summed E-state index contributed by atoms with van der Waals surface area (Å²) in [4.78, 5) is 24.8. The quantitative estimate of drug-likeness (QED) is 0.904. The highest BCUT2D eigenvalue weighted by Crippen LogP contribution is 2.21. The highest BCUT2D eigenvalue weighted by molar-refractivity contribution is 5.94. The molecule has 1 saturated heterocycles. The van der Waals surface area contributed by atoms with Gasteiger partial charge in [0, 0.05) is 18.7 Å². The molecular formula is C15H14FN3O3. The van der Waals surface area contributed by atoms with E-state index >= 15 is 0 Å². The molecule has 0 radical (unpaired) electrons. The lowest BCUT2D eigenvalue weighted by molar-refractivity contribution is -0.141. The lowest BCUT2D eigenvalue weighted by atomic mass is 10.1. The molecule has 7 heteroatoms. The van der Waals surface area contributed by atoms with E-state index in [-0.39, 0.29) is 18.3 Å². The van der Waals surface area contributed by atoms with E-state index in [2.05, 4.69) is 10.2 Å². The van der Waals surface area contributed by atoms with E-state index in [9.17, 15) is 14.0 Å². The number of carbonyl (C=O) groups is 2. The number of carboxylic acid groups (broad SMARTS) is 1. The molecule has 22 heavy (non-hydrogen) atoms. The molecule has 2 N–H and O–H groups in total. The van der Waals surface area contributed by atoms with Crippen LogP contribution in [-0.4, -0.2) is 45.2 Å². The minimum absolute atomic E-state index is 0.207. The number of H-pyrrole nitrogens is 1. The Hall–Kier alpha value is -2.70. The smallest absolute Gasteiger partial charge is 0.308 e. The average molecular weight is 303 g/mol. The molecule has 2 heterocycles. The molecule has 1 amide bonds. The van der Waals surface area contributed by atoms with Gasteiger partial charge in [-0.15, -0.1) is 0 Å². The largest absolute Gasteiger partial charge is 0.481 e. The standard InChI is InChI=1S/C15H14FN3O3/c16-11-3-1-9(2-4-11)12-7-13(18-17-12)14(20)19-6-5-10(8-19)15(21)22/h1-4,7,10H,5-6,8H2,(H,17,18)(H,21,22). The second-order valence-corrected chi connectivity index (χ2v) is 5.25. The minimum atomic E-state index is -0.882. The molecule has 0 bridgehead atoms. The number of nitrogens with one attached hydrogen (secondary N) is 1. The predicted molar refractivity (Wildman–Crippen MR) is 75.6 cm³/mol. The molecular weight excluding hydrogens is 289 g/mol. The average Bonchev–Trinajstić information content (AvgIpc) is 3.17. The van der Waals surface area contributed by atoms with Crippen LogP contribution in [0.4, 0.5) is 4.39 Å². The number of hydrogen-bond donors (Lipinski definition) is 2. The van der Waals surface area contributed by atoms with Crippen LogP contribution in [0.25, 0.3) is 11.3 Å². The summed E-state index contributed by atoms with van der Waals surface area (Å²) in [5.41, 5.74) is 1.53. The molecule has 3 rings (SSSR count). The molecule has 1 atom stereocenters. The number of nitrogens with zero attached hydrogens (tertiary/aromatic N) is 2. The first-order valence-corrected chi connectivity index (χ1v) is 6.88. The van der Waals surface area contributed by atoms with Gasteiger partial charge in [0.05, 0.1) is 11.6 Å². The number of benzene rings is 1. The Kier molecular flexibility index (Phi) is 3.62. The fourth-order valence-electron chi connectivity index (χ4n) is 2.52. The van der Waals surface area contributed by atoms with Gasteiger partial charge in [0.2, 0.25) is 0 Å². The van der Waals surface area contributed by atoms with E-state index in [4.69, 9.17) is 5.11 Å². The zero-order chi connectivity index (χ0) is 15.7. The molecule has 114 valence electrons. The van der Waals surface area contributed by atoms with E-state index in [1.54, 1.807) is 18.2 Å². The van der Waals surface area contributed by atoms with Gasteiger partial charge in [0.1, 0.15) is 11.5 Å². The normalized spacial score (nSPS) is 17.7. The molecule has 1 aromatic carbocycles. The molecule has 0 spiro atoms. The maximum absolute atomic E-state index is 12.9. The van der Waals surface area contributed by atoms with Crippen molar-refractivity contribution in [1.29, 1.82) is 0 Å². The van der Waals surface area contributed by atoms with Crippen molar-refractivity contribution in [2.24, 2.45) is 5.92 Å². The maximum atomic E-state index is 12.9. The van der Waals surface area contributed by atoms with Crippen LogP contribution >= 0.6 is 0 Å². The number of halogens is 1. The highest BCUT2D eigenvalue weighted by atomic mass is 19.1. The van der Waals surface area contributed by atoms with Gasteiger partial charge in [-0.25, -0.2) is 4.39 Å². The third-order valence-corrected chi connectivity index (χ3v) is 3.77. The van der Waals surface area contributed by atoms with E-state index in [0.29, 0.717) is 29.9 Å². The van der Waals surface area contributed by atoms with Crippen LogP contribution in [0.3, 0.4) is 0 Å². The number of amides is 1.